The highest BCUT2D eigenvalue weighted by molar-refractivity contribution is 5.93. The van der Waals surface area contributed by atoms with Crippen molar-refractivity contribution in [3.05, 3.63) is 68.3 Å². The molecule has 2 aromatic carbocycles. The summed E-state index contributed by atoms with van der Waals surface area (Å²) in [5.41, 5.74) is 1.49. The minimum absolute atomic E-state index is 0.0380. The van der Waals surface area contributed by atoms with Gasteiger partial charge in [0.25, 0.3) is 11.4 Å². The molecule has 146 valence electrons. The van der Waals surface area contributed by atoms with E-state index in [2.05, 4.69) is 5.32 Å². The molecule has 0 unspecified atom stereocenters. The third-order valence-corrected chi connectivity index (χ3v) is 4.96. The number of amides is 1. The van der Waals surface area contributed by atoms with Gasteiger partial charge in [-0.05, 0) is 31.9 Å². The SMILES string of the molecule is Cc1ccc(NC(=O)C2CCN(c3ccccc3[N+](=O)[O-])CC2)cc1[N+](=O)[O-]. The third kappa shape index (κ3) is 4.08. The van der Waals surface area contributed by atoms with E-state index in [9.17, 15) is 25.0 Å². The van der Waals surface area contributed by atoms with Crippen LogP contribution in [-0.4, -0.2) is 28.8 Å². The molecule has 1 saturated heterocycles. The van der Waals surface area contributed by atoms with E-state index >= 15 is 0 Å². The van der Waals surface area contributed by atoms with E-state index in [4.69, 9.17) is 0 Å². The summed E-state index contributed by atoms with van der Waals surface area (Å²) in [6.07, 6.45) is 1.09. The number of rotatable bonds is 5. The number of hydrogen-bond acceptors (Lipinski definition) is 6. The molecule has 9 nitrogen and oxygen atoms in total. The van der Waals surface area contributed by atoms with Crippen LogP contribution in [0.25, 0.3) is 0 Å². The van der Waals surface area contributed by atoms with E-state index in [0.29, 0.717) is 42.9 Å². The molecule has 0 radical (unpaired) electrons. The quantitative estimate of drug-likeness (QED) is 0.620. The Morgan fingerprint density at radius 2 is 1.68 bits per heavy atom. The Labute approximate surface area is 161 Å². The molecular formula is C19H20N4O5. The average Bonchev–Trinajstić information content (AvgIpc) is 2.69. The predicted octanol–water partition coefficient (Wildman–Crippen LogP) is 3.67. The molecule has 0 aromatic heterocycles. The number of nitro benzene ring substituents is 2. The number of aryl methyl sites for hydroxylation is 1. The summed E-state index contributed by atoms with van der Waals surface area (Å²) in [6.45, 7) is 2.69. The van der Waals surface area contributed by atoms with Gasteiger partial charge >= 0.3 is 0 Å². The summed E-state index contributed by atoms with van der Waals surface area (Å²) in [4.78, 5) is 35.8. The molecule has 1 fully saturated rings. The van der Waals surface area contributed by atoms with E-state index in [1.807, 2.05) is 4.90 Å². The van der Waals surface area contributed by atoms with Gasteiger partial charge in [-0.3, -0.25) is 25.0 Å². The van der Waals surface area contributed by atoms with Crippen molar-refractivity contribution < 1.29 is 14.6 Å². The molecule has 9 heteroatoms. The topological polar surface area (TPSA) is 119 Å². The molecular weight excluding hydrogens is 364 g/mol. The van der Waals surface area contributed by atoms with Crippen LogP contribution in [0.15, 0.2) is 42.5 Å². The summed E-state index contributed by atoms with van der Waals surface area (Å²) < 4.78 is 0. The fourth-order valence-corrected chi connectivity index (χ4v) is 3.40. The molecule has 0 aliphatic carbocycles. The third-order valence-electron chi connectivity index (χ3n) is 4.96. The molecule has 0 spiro atoms. The van der Waals surface area contributed by atoms with Gasteiger partial charge in [0.1, 0.15) is 5.69 Å². The van der Waals surface area contributed by atoms with Gasteiger partial charge in [0.15, 0.2) is 0 Å². The van der Waals surface area contributed by atoms with Crippen molar-refractivity contribution in [3.8, 4) is 0 Å². The second kappa shape index (κ2) is 8.03. The van der Waals surface area contributed by atoms with Crippen molar-refractivity contribution in [1.82, 2.24) is 0 Å². The molecule has 2 aromatic rings. The molecule has 3 rings (SSSR count). The first-order valence-electron chi connectivity index (χ1n) is 8.91. The summed E-state index contributed by atoms with van der Waals surface area (Å²) in [6, 6.07) is 11.2. The monoisotopic (exact) mass is 384 g/mol. The van der Waals surface area contributed by atoms with Crippen LogP contribution in [-0.2, 0) is 4.79 Å². The number of hydrogen-bond donors (Lipinski definition) is 1. The summed E-state index contributed by atoms with van der Waals surface area (Å²) in [7, 11) is 0. The van der Waals surface area contributed by atoms with Gasteiger partial charge in [-0.25, -0.2) is 0 Å². The molecule has 1 aliphatic heterocycles. The van der Waals surface area contributed by atoms with E-state index in [1.54, 1.807) is 37.3 Å². The Morgan fingerprint density at radius 3 is 2.32 bits per heavy atom. The number of piperidine rings is 1. The van der Waals surface area contributed by atoms with Crippen LogP contribution in [0.3, 0.4) is 0 Å². The number of carbonyl (C=O) groups excluding carboxylic acids is 1. The van der Waals surface area contributed by atoms with Crippen LogP contribution in [0.4, 0.5) is 22.7 Å². The van der Waals surface area contributed by atoms with Gasteiger partial charge in [-0.15, -0.1) is 0 Å². The molecule has 1 N–H and O–H groups in total. The molecule has 1 aliphatic rings. The zero-order chi connectivity index (χ0) is 20.3. The van der Waals surface area contributed by atoms with E-state index in [0.717, 1.165) is 0 Å². The summed E-state index contributed by atoms with van der Waals surface area (Å²) >= 11 is 0. The van der Waals surface area contributed by atoms with E-state index in [-0.39, 0.29) is 23.2 Å². The maximum absolute atomic E-state index is 12.5. The van der Waals surface area contributed by atoms with Crippen LogP contribution in [0.5, 0.6) is 0 Å². The number of benzene rings is 2. The summed E-state index contributed by atoms with van der Waals surface area (Å²) in [5.74, 6) is -0.445. The smallest absolute Gasteiger partial charge is 0.292 e. The Balaban J connectivity index is 1.64. The van der Waals surface area contributed by atoms with Crippen molar-refractivity contribution >= 4 is 28.7 Å². The van der Waals surface area contributed by atoms with Crippen LogP contribution < -0.4 is 10.2 Å². The van der Waals surface area contributed by atoms with Crippen molar-refractivity contribution in [1.29, 1.82) is 0 Å². The number of nitrogens with one attached hydrogen (secondary N) is 1. The number of carbonyl (C=O) groups is 1. The lowest BCUT2D eigenvalue weighted by Gasteiger charge is -2.32. The zero-order valence-corrected chi connectivity index (χ0v) is 15.3. The number of nitro groups is 2. The standard InChI is InChI=1S/C19H20N4O5/c1-13-6-7-15(12-18(13)23(27)28)20-19(24)14-8-10-21(11-9-14)16-4-2-3-5-17(16)22(25)26/h2-7,12,14H,8-11H2,1H3,(H,20,24). The minimum atomic E-state index is -0.476. The zero-order valence-electron chi connectivity index (χ0n) is 15.3. The summed E-state index contributed by atoms with van der Waals surface area (Å²) in [5, 5.41) is 25.0. The number of nitrogens with zero attached hydrogens (tertiary/aromatic N) is 3. The van der Waals surface area contributed by atoms with Crippen LogP contribution in [0, 0.1) is 33.1 Å². The van der Waals surface area contributed by atoms with Gasteiger partial charge in [-0.1, -0.05) is 18.2 Å². The largest absolute Gasteiger partial charge is 0.366 e. The lowest BCUT2D eigenvalue weighted by Crippen LogP contribution is -2.38. The molecule has 1 amide bonds. The van der Waals surface area contributed by atoms with Crippen molar-refractivity contribution in [2.24, 2.45) is 5.92 Å². The first-order chi connectivity index (χ1) is 13.4. The Bertz CT molecular complexity index is 922. The second-order valence-corrected chi connectivity index (χ2v) is 6.75. The molecule has 0 saturated carbocycles. The maximum Gasteiger partial charge on any atom is 0.292 e. The van der Waals surface area contributed by atoms with Gasteiger partial charge in [0.2, 0.25) is 5.91 Å². The average molecular weight is 384 g/mol. The van der Waals surface area contributed by atoms with Gasteiger partial charge in [-0.2, -0.15) is 0 Å². The van der Waals surface area contributed by atoms with Crippen LogP contribution in [0.2, 0.25) is 0 Å². The van der Waals surface area contributed by atoms with E-state index in [1.165, 1.54) is 12.1 Å². The predicted molar refractivity (Wildman–Crippen MR) is 104 cm³/mol. The van der Waals surface area contributed by atoms with Crippen molar-refractivity contribution in [3.63, 3.8) is 0 Å². The first kappa shape index (κ1) is 19.3. The Hall–Kier alpha value is -3.49. The number of para-hydroxylation sites is 2. The normalized spacial score (nSPS) is 14.5. The molecule has 0 atom stereocenters. The first-order valence-corrected chi connectivity index (χ1v) is 8.91. The van der Waals surface area contributed by atoms with Gasteiger partial charge in [0, 0.05) is 42.4 Å². The van der Waals surface area contributed by atoms with Gasteiger partial charge < -0.3 is 10.2 Å². The lowest BCUT2D eigenvalue weighted by molar-refractivity contribution is -0.385. The Morgan fingerprint density at radius 1 is 1.04 bits per heavy atom. The van der Waals surface area contributed by atoms with E-state index < -0.39 is 9.85 Å². The maximum atomic E-state index is 12.5. The minimum Gasteiger partial charge on any atom is -0.366 e. The molecule has 0 bridgehead atoms. The van der Waals surface area contributed by atoms with Gasteiger partial charge in [0.05, 0.1) is 9.85 Å². The number of anilines is 2. The lowest BCUT2D eigenvalue weighted by atomic mass is 9.95. The Kier molecular flexibility index (Phi) is 5.53. The highest BCUT2D eigenvalue weighted by Crippen LogP contribution is 2.31. The molecule has 28 heavy (non-hydrogen) atoms. The highest BCUT2D eigenvalue weighted by Gasteiger charge is 2.28. The fourth-order valence-electron chi connectivity index (χ4n) is 3.40. The highest BCUT2D eigenvalue weighted by atomic mass is 16.6. The van der Waals surface area contributed by atoms with Crippen molar-refractivity contribution in [2.75, 3.05) is 23.3 Å². The van der Waals surface area contributed by atoms with Crippen LogP contribution in [0.1, 0.15) is 18.4 Å². The van der Waals surface area contributed by atoms with Crippen molar-refractivity contribution in [2.45, 2.75) is 19.8 Å². The molecule has 1 heterocycles. The second-order valence-electron chi connectivity index (χ2n) is 6.75. The fraction of sp³-hybridized carbons (Fsp3) is 0.316. The van der Waals surface area contributed by atoms with Crippen LogP contribution >= 0.6 is 0 Å².